The van der Waals surface area contributed by atoms with Crippen LogP contribution in [0.15, 0.2) is 10.3 Å². The molecule has 19 heavy (non-hydrogen) atoms. The molecule has 1 fully saturated rings. The van der Waals surface area contributed by atoms with Crippen molar-refractivity contribution in [1.29, 1.82) is 0 Å². The van der Waals surface area contributed by atoms with Gasteiger partial charge in [0.25, 0.3) is 0 Å². The number of carboxylic acids is 1. The van der Waals surface area contributed by atoms with E-state index in [-0.39, 0.29) is 16.4 Å². The van der Waals surface area contributed by atoms with Crippen LogP contribution in [-0.2, 0) is 10.0 Å². The van der Waals surface area contributed by atoms with Crippen LogP contribution in [0, 0.1) is 6.92 Å². The Balaban J connectivity index is 2.51. The van der Waals surface area contributed by atoms with E-state index in [9.17, 15) is 18.3 Å². The number of aromatic carboxylic acids is 1. The SMILES string of the molecule is Cc1csc(C(=O)O)c1S(=O)(=O)N1CCCC1CO. The highest BCUT2D eigenvalue weighted by molar-refractivity contribution is 7.89. The fourth-order valence-corrected chi connectivity index (χ4v) is 5.60. The number of carbonyl (C=O) groups is 1. The number of aryl methyl sites for hydroxylation is 1. The van der Waals surface area contributed by atoms with Gasteiger partial charge in [-0.05, 0) is 30.7 Å². The summed E-state index contributed by atoms with van der Waals surface area (Å²) in [6.07, 6.45) is 1.28. The summed E-state index contributed by atoms with van der Waals surface area (Å²) in [5, 5.41) is 19.8. The van der Waals surface area contributed by atoms with E-state index >= 15 is 0 Å². The van der Waals surface area contributed by atoms with E-state index in [1.54, 1.807) is 6.92 Å². The van der Waals surface area contributed by atoms with Crippen LogP contribution in [0.3, 0.4) is 0 Å². The lowest BCUT2D eigenvalue weighted by molar-refractivity contribution is 0.0698. The van der Waals surface area contributed by atoms with Crippen molar-refractivity contribution in [2.75, 3.05) is 13.2 Å². The zero-order valence-electron chi connectivity index (χ0n) is 10.4. The van der Waals surface area contributed by atoms with E-state index in [4.69, 9.17) is 5.11 Å². The van der Waals surface area contributed by atoms with Gasteiger partial charge < -0.3 is 10.2 Å². The van der Waals surface area contributed by atoms with Gasteiger partial charge in [-0.25, -0.2) is 13.2 Å². The molecule has 1 aliphatic heterocycles. The molecule has 0 saturated carbocycles. The second-order valence-electron chi connectivity index (χ2n) is 4.48. The molecule has 1 atom stereocenters. The first-order valence-electron chi connectivity index (χ1n) is 5.83. The van der Waals surface area contributed by atoms with Gasteiger partial charge >= 0.3 is 5.97 Å². The third kappa shape index (κ3) is 2.40. The second kappa shape index (κ2) is 5.20. The number of aliphatic hydroxyl groups excluding tert-OH is 1. The zero-order valence-corrected chi connectivity index (χ0v) is 12.0. The smallest absolute Gasteiger partial charge is 0.347 e. The molecule has 1 aliphatic rings. The summed E-state index contributed by atoms with van der Waals surface area (Å²) < 4.78 is 26.4. The summed E-state index contributed by atoms with van der Waals surface area (Å²) >= 11 is 0.911. The zero-order chi connectivity index (χ0) is 14.2. The topological polar surface area (TPSA) is 94.9 Å². The first-order chi connectivity index (χ1) is 8.89. The molecular formula is C11H15NO5S2. The summed E-state index contributed by atoms with van der Waals surface area (Å²) in [6.45, 7) is 1.66. The molecule has 0 amide bonds. The summed E-state index contributed by atoms with van der Waals surface area (Å²) in [6, 6.07) is -0.453. The van der Waals surface area contributed by atoms with Gasteiger partial charge in [0.1, 0.15) is 9.77 Å². The van der Waals surface area contributed by atoms with Crippen molar-refractivity contribution in [3.63, 3.8) is 0 Å². The average molecular weight is 305 g/mol. The van der Waals surface area contributed by atoms with Gasteiger partial charge in [-0.1, -0.05) is 0 Å². The fourth-order valence-electron chi connectivity index (χ4n) is 2.33. The molecule has 0 aliphatic carbocycles. The van der Waals surface area contributed by atoms with E-state index in [0.717, 1.165) is 11.3 Å². The lowest BCUT2D eigenvalue weighted by Crippen LogP contribution is -2.38. The highest BCUT2D eigenvalue weighted by atomic mass is 32.2. The van der Waals surface area contributed by atoms with Gasteiger partial charge in [0.05, 0.1) is 6.61 Å². The minimum Gasteiger partial charge on any atom is -0.477 e. The number of sulfonamides is 1. The summed E-state index contributed by atoms with van der Waals surface area (Å²) in [5.41, 5.74) is 0.436. The van der Waals surface area contributed by atoms with Crippen LogP contribution in [0.25, 0.3) is 0 Å². The molecule has 6 nitrogen and oxygen atoms in total. The Morgan fingerprint density at radius 2 is 2.26 bits per heavy atom. The molecule has 2 heterocycles. The molecular weight excluding hydrogens is 290 g/mol. The number of hydrogen-bond acceptors (Lipinski definition) is 5. The van der Waals surface area contributed by atoms with Gasteiger partial charge in [0.15, 0.2) is 0 Å². The normalized spacial score (nSPS) is 20.8. The van der Waals surface area contributed by atoms with Crippen LogP contribution >= 0.6 is 11.3 Å². The molecule has 1 unspecified atom stereocenters. The van der Waals surface area contributed by atoms with Crippen molar-refractivity contribution in [2.24, 2.45) is 0 Å². The van der Waals surface area contributed by atoms with Crippen LogP contribution in [0.2, 0.25) is 0 Å². The minimum atomic E-state index is -3.86. The van der Waals surface area contributed by atoms with Crippen molar-refractivity contribution >= 4 is 27.3 Å². The Hall–Kier alpha value is -0.960. The van der Waals surface area contributed by atoms with Crippen molar-refractivity contribution in [2.45, 2.75) is 30.7 Å². The minimum absolute atomic E-state index is 0.134. The number of carboxylic acid groups (broad SMARTS) is 1. The number of hydrogen-bond donors (Lipinski definition) is 2. The third-order valence-electron chi connectivity index (χ3n) is 3.21. The molecule has 1 aromatic rings. The van der Waals surface area contributed by atoms with E-state index in [1.165, 1.54) is 9.69 Å². The first-order valence-corrected chi connectivity index (χ1v) is 8.15. The predicted molar refractivity (Wildman–Crippen MR) is 70.0 cm³/mol. The molecule has 1 saturated heterocycles. The van der Waals surface area contributed by atoms with Crippen LogP contribution in [0.1, 0.15) is 28.1 Å². The van der Waals surface area contributed by atoms with Gasteiger partial charge in [0.2, 0.25) is 10.0 Å². The molecule has 0 radical (unpaired) electrons. The maximum absolute atomic E-state index is 12.6. The monoisotopic (exact) mass is 305 g/mol. The van der Waals surface area contributed by atoms with E-state index in [0.29, 0.717) is 24.9 Å². The van der Waals surface area contributed by atoms with E-state index in [1.807, 2.05) is 0 Å². The van der Waals surface area contributed by atoms with Gasteiger partial charge in [-0.2, -0.15) is 4.31 Å². The molecule has 0 bridgehead atoms. The van der Waals surface area contributed by atoms with Crippen molar-refractivity contribution in [1.82, 2.24) is 4.31 Å². The molecule has 8 heteroatoms. The Morgan fingerprint density at radius 1 is 1.58 bits per heavy atom. The number of nitrogens with zero attached hydrogens (tertiary/aromatic N) is 1. The molecule has 0 spiro atoms. The van der Waals surface area contributed by atoms with Crippen molar-refractivity contribution in [3.05, 3.63) is 15.8 Å². The summed E-state index contributed by atoms with van der Waals surface area (Å²) in [7, 11) is -3.86. The molecule has 2 rings (SSSR count). The Kier molecular flexibility index (Phi) is 3.95. The van der Waals surface area contributed by atoms with Crippen molar-refractivity contribution < 1.29 is 23.4 Å². The van der Waals surface area contributed by atoms with Gasteiger partial charge in [0, 0.05) is 12.6 Å². The van der Waals surface area contributed by atoms with Crippen LogP contribution in [0.4, 0.5) is 0 Å². The van der Waals surface area contributed by atoms with Crippen molar-refractivity contribution in [3.8, 4) is 0 Å². The summed E-state index contributed by atoms with van der Waals surface area (Å²) in [4.78, 5) is 10.8. The summed E-state index contributed by atoms with van der Waals surface area (Å²) in [5.74, 6) is -1.24. The van der Waals surface area contributed by atoms with E-state index in [2.05, 4.69) is 0 Å². The number of thiophene rings is 1. The molecule has 2 N–H and O–H groups in total. The first kappa shape index (κ1) is 14.4. The highest BCUT2D eigenvalue weighted by Gasteiger charge is 2.38. The average Bonchev–Trinajstić information content (AvgIpc) is 2.94. The number of aliphatic hydroxyl groups is 1. The third-order valence-corrected chi connectivity index (χ3v) is 6.57. The molecule has 1 aromatic heterocycles. The lowest BCUT2D eigenvalue weighted by atomic mass is 10.2. The Bertz CT molecular complexity index is 592. The molecule has 0 aromatic carbocycles. The highest BCUT2D eigenvalue weighted by Crippen LogP contribution is 2.33. The standard InChI is InChI=1S/C11H15NO5S2/c1-7-6-18-9(11(14)15)10(7)19(16,17)12-4-2-3-8(12)5-13/h6,8,13H,2-5H2,1H3,(H,14,15). The van der Waals surface area contributed by atoms with Gasteiger partial charge in [-0.15, -0.1) is 11.3 Å². The molecule has 106 valence electrons. The van der Waals surface area contributed by atoms with Crippen LogP contribution in [-0.4, -0.2) is 48.1 Å². The maximum atomic E-state index is 12.6. The number of rotatable bonds is 4. The lowest BCUT2D eigenvalue weighted by Gasteiger charge is -2.22. The Morgan fingerprint density at radius 3 is 2.84 bits per heavy atom. The quantitative estimate of drug-likeness (QED) is 0.862. The van der Waals surface area contributed by atoms with Crippen LogP contribution in [0.5, 0.6) is 0 Å². The maximum Gasteiger partial charge on any atom is 0.347 e. The van der Waals surface area contributed by atoms with Gasteiger partial charge in [-0.3, -0.25) is 0 Å². The fraction of sp³-hybridized carbons (Fsp3) is 0.545. The second-order valence-corrected chi connectivity index (χ2v) is 7.18. The predicted octanol–water partition coefficient (Wildman–Crippen LogP) is 0.900. The Labute approximate surface area is 115 Å². The van der Waals surface area contributed by atoms with E-state index < -0.39 is 22.0 Å². The van der Waals surface area contributed by atoms with Crippen LogP contribution < -0.4 is 0 Å². The largest absolute Gasteiger partial charge is 0.477 e.